The molecule has 1 aromatic heterocycles. The van der Waals surface area contributed by atoms with Crippen LogP contribution in [0.25, 0.3) is 0 Å². The summed E-state index contributed by atoms with van der Waals surface area (Å²) in [5.74, 6) is -0.169. The SMILES string of the molecule is Cc1cc(C)c(C#N)c(N2CCCC(Cc3ccccc3)(C(=O)O)C2)n1. The Balaban J connectivity index is 1.97. The van der Waals surface area contributed by atoms with Crippen LogP contribution in [0, 0.1) is 30.6 Å². The van der Waals surface area contributed by atoms with Crippen molar-refractivity contribution in [2.45, 2.75) is 33.1 Å². The molecule has 1 unspecified atom stereocenters. The van der Waals surface area contributed by atoms with E-state index in [2.05, 4.69) is 11.1 Å². The van der Waals surface area contributed by atoms with Crippen molar-refractivity contribution in [3.8, 4) is 6.07 Å². The fourth-order valence-corrected chi connectivity index (χ4v) is 3.88. The number of benzene rings is 1. The molecule has 1 fully saturated rings. The maximum Gasteiger partial charge on any atom is 0.311 e. The van der Waals surface area contributed by atoms with Gasteiger partial charge in [-0.15, -0.1) is 0 Å². The summed E-state index contributed by atoms with van der Waals surface area (Å²) in [6, 6.07) is 13.9. The maximum atomic E-state index is 12.2. The molecule has 0 aliphatic carbocycles. The number of rotatable bonds is 4. The number of carbonyl (C=O) groups is 1. The number of hydrogen-bond donors (Lipinski definition) is 1. The summed E-state index contributed by atoms with van der Waals surface area (Å²) >= 11 is 0. The van der Waals surface area contributed by atoms with E-state index in [4.69, 9.17) is 0 Å². The first-order valence-corrected chi connectivity index (χ1v) is 8.86. The van der Waals surface area contributed by atoms with Crippen molar-refractivity contribution in [3.63, 3.8) is 0 Å². The summed E-state index contributed by atoms with van der Waals surface area (Å²) in [4.78, 5) is 18.8. The Bertz CT molecular complexity index is 858. The molecule has 1 aliphatic heterocycles. The van der Waals surface area contributed by atoms with Crippen LogP contribution in [0.1, 0.15) is 35.2 Å². The highest BCUT2D eigenvalue weighted by Crippen LogP contribution is 2.37. The van der Waals surface area contributed by atoms with E-state index in [9.17, 15) is 15.2 Å². The van der Waals surface area contributed by atoms with Gasteiger partial charge in [0.15, 0.2) is 0 Å². The van der Waals surface area contributed by atoms with Crippen molar-refractivity contribution in [2.24, 2.45) is 5.41 Å². The molecule has 1 N–H and O–H groups in total. The van der Waals surface area contributed by atoms with E-state index in [0.29, 0.717) is 37.3 Å². The van der Waals surface area contributed by atoms with Crippen LogP contribution in [-0.4, -0.2) is 29.1 Å². The van der Waals surface area contributed by atoms with Crippen molar-refractivity contribution in [1.29, 1.82) is 5.26 Å². The van der Waals surface area contributed by atoms with E-state index in [0.717, 1.165) is 23.2 Å². The van der Waals surface area contributed by atoms with Gasteiger partial charge in [-0.25, -0.2) is 4.98 Å². The third kappa shape index (κ3) is 3.41. The van der Waals surface area contributed by atoms with Crippen molar-refractivity contribution in [1.82, 2.24) is 4.98 Å². The van der Waals surface area contributed by atoms with Crippen LogP contribution in [-0.2, 0) is 11.2 Å². The average molecular weight is 349 g/mol. The van der Waals surface area contributed by atoms with Crippen LogP contribution in [0.3, 0.4) is 0 Å². The van der Waals surface area contributed by atoms with E-state index in [1.807, 2.05) is 55.1 Å². The van der Waals surface area contributed by atoms with Crippen LogP contribution in [0.4, 0.5) is 5.82 Å². The molecule has 1 aromatic carbocycles. The van der Waals surface area contributed by atoms with E-state index in [-0.39, 0.29) is 0 Å². The number of pyridine rings is 1. The number of piperidine rings is 1. The quantitative estimate of drug-likeness (QED) is 0.914. The smallest absolute Gasteiger partial charge is 0.311 e. The highest BCUT2D eigenvalue weighted by Gasteiger charge is 2.43. The van der Waals surface area contributed by atoms with Gasteiger partial charge in [-0.3, -0.25) is 4.79 Å². The van der Waals surface area contributed by atoms with Gasteiger partial charge < -0.3 is 10.0 Å². The van der Waals surface area contributed by atoms with Crippen molar-refractivity contribution in [3.05, 3.63) is 58.8 Å². The van der Waals surface area contributed by atoms with Gasteiger partial charge in [-0.2, -0.15) is 5.26 Å². The molecule has 2 aromatic rings. The molecule has 0 saturated carbocycles. The second-order valence-corrected chi connectivity index (χ2v) is 7.16. The topological polar surface area (TPSA) is 77.2 Å². The van der Waals surface area contributed by atoms with Crippen LogP contribution in [0.15, 0.2) is 36.4 Å². The predicted molar refractivity (Wildman–Crippen MR) is 100 cm³/mol. The molecular formula is C21H23N3O2. The largest absolute Gasteiger partial charge is 0.481 e. The first-order valence-electron chi connectivity index (χ1n) is 8.86. The van der Waals surface area contributed by atoms with Gasteiger partial charge in [-0.05, 0) is 50.3 Å². The Kier molecular flexibility index (Phi) is 4.94. The molecular weight excluding hydrogens is 326 g/mol. The molecule has 134 valence electrons. The fraction of sp³-hybridized carbons (Fsp3) is 0.381. The lowest BCUT2D eigenvalue weighted by Gasteiger charge is -2.41. The van der Waals surface area contributed by atoms with E-state index >= 15 is 0 Å². The molecule has 26 heavy (non-hydrogen) atoms. The third-order valence-corrected chi connectivity index (χ3v) is 5.15. The van der Waals surface area contributed by atoms with Gasteiger partial charge in [0, 0.05) is 18.8 Å². The summed E-state index contributed by atoms with van der Waals surface area (Å²) in [5.41, 5.74) is 2.41. The molecule has 0 radical (unpaired) electrons. The Morgan fingerprint density at radius 3 is 2.73 bits per heavy atom. The zero-order chi connectivity index (χ0) is 18.7. The van der Waals surface area contributed by atoms with Crippen LogP contribution >= 0.6 is 0 Å². The highest BCUT2D eigenvalue weighted by atomic mass is 16.4. The van der Waals surface area contributed by atoms with Gasteiger partial charge in [0.05, 0.1) is 11.0 Å². The van der Waals surface area contributed by atoms with Crippen molar-refractivity contribution in [2.75, 3.05) is 18.0 Å². The number of aryl methyl sites for hydroxylation is 2. The molecule has 0 bridgehead atoms. The maximum absolute atomic E-state index is 12.2. The lowest BCUT2D eigenvalue weighted by atomic mass is 9.75. The number of hydrogen-bond acceptors (Lipinski definition) is 4. The number of aliphatic carboxylic acids is 1. The predicted octanol–water partition coefficient (Wildman–Crippen LogP) is 3.48. The zero-order valence-corrected chi connectivity index (χ0v) is 15.2. The molecule has 3 rings (SSSR count). The molecule has 0 spiro atoms. The molecule has 1 atom stereocenters. The summed E-state index contributed by atoms with van der Waals surface area (Å²) in [6.45, 7) is 4.88. The zero-order valence-electron chi connectivity index (χ0n) is 15.2. The summed E-state index contributed by atoms with van der Waals surface area (Å²) in [5, 5.41) is 19.6. The molecule has 5 nitrogen and oxygen atoms in total. The van der Waals surface area contributed by atoms with Crippen LogP contribution in [0.5, 0.6) is 0 Å². The Hall–Kier alpha value is -2.87. The number of nitriles is 1. The van der Waals surface area contributed by atoms with Gasteiger partial charge in [0.1, 0.15) is 11.9 Å². The second kappa shape index (κ2) is 7.17. The van der Waals surface area contributed by atoms with Crippen molar-refractivity contribution < 1.29 is 9.90 Å². The average Bonchev–Trinajstić information content (AvgIpc) is 2.62. The van der Waals surface area contributed by atoms with Crippen LogP contribution < -0.4 is 4.90 Å². The number of carboxylic acids is 1. The lowest BCUT2D eigenvalue weighted by molar-refractivity contribution is -0.149. The van der Waals surface area contributed by atoms with Gasteiger partial charge in [-0.1, -0.05) is 30.3 Å². The van der Waals surface area contributed by atoms with E-state index in [1.165, 1.54) is 0 Å². The number of nitrogens with zero attached hydrogens (tertiary/aromatic N) is 3. The molecule has 2 heterocycles. The first-order chi connectivity index (χ1) is 12.4. The highest BCUT2D eigenvalue weighted by molar-refractivity contribution is 5.77. The standard InChI is InChI=1S/C21H23N3O2/c1-15-11-16(2)23-19(18(15)13-22)24-10-6-9-21(14-24,20(25)26)12-17-7-4-3-5-8-17/h3-5,7-8,11H,6,9-10,12,14H2,1-2H3,(H,25,26). The lowest BCUT2D eigenvalue weighted by Crippen LogP contribution is -2.49. The molecule has 0 amide bonds. The van der Waals surface area contributed by atoms with E-state index < -0.39 is 11.4 Å². The number of anilines is 1. The second-order valence-electron chi connectivity index (χ2n) is 7.16. The third-order valence-electron chi connectivity index (χ3n) is 5.15. The van der Waals surface area contributed by atoms with Gasteiger partial charge in [0.2, 0.25) is 0 Å². The molecule has 5 heteroatoms. The molecule has 1 saturated heterocycles. The molecule has 1 aliphatic rings. The minimum absolute atomic E-state index is 0.363. The number of aromatic nitrogens is 1. The minimum atomic E-state index is -0.869. The van der Waals surface area contributed by atoms with Gasteiger partial charge >= 0.3 is 5.97 Å². The monoisotopic (exact) mass is 349 g/mol. The Morgan fingerprint density at radius 2 is 2.08 bits per heavy atom. The summed E-state index contributed by atoms with van der Waals surface area (Å²) in [7, 11) is 0. The van der Waals surface area contributed by atoms with E-state index in [1.54, 1.807) is 0 Å². The van der Waals surface area contributed by atoms with Gasteiger partial charge in [0.25, 0.3) is 0 Å². The Morgan fingerprint density at radius 1 is 1.35 bits per heavy atom. The minimum Gasteiger partial charge on any atom is -0.481 e. The normalized spacial score (nSPS) is 19.8. The first kappa shape index (κ1) is 17.9. The Labute approximate surface area is 153 Å². The number of carboxylic acid groups (broad SMARTS) is 1. The van der Waals surface area contributed by atoms with Crippen LogP contribution in [0.2, 0.25) is 0 Å². The fourth-order valence-electron chi connectivity index (χ4n) is 3.88. The van der Waals surface area contributed by atoms with Crippen molar-refractivity contribution >= 4 is 11.8 Å². The summed E-state index contributed by atoms with van der Waals surface area (Å²) in [6.07, 6.45) is 1.87. The summed E-state index contributed by atoms with van der Waals surface area (Å²) < 4.78 is 0.